The van der Waals surface area contributed by atoms with E-state index in [4.69, 9.17) is 0 Å². The molecule has 1 aromatic rings. The van der Waals surface area contributed by atoms with Crippen LogP contribution in [0.2, 0.25) is 0 Å². The second kappa shape index (κ2) is 6.57. The van der Waals surface area contributed by atoms with E-state index in [9.17, 15) is 4.79 Å². The van der Waals surface area contributed by atoms with Gasteiger partial charge in [-0.25, -0.2) is 0 Å². The molecular weight excluding hydrogens is 404 g/mol. The van der Waals surface area contributed by atoms with Crippen LogP contribution in [0.25, 0.3) is 0 Å². The molecule has 1 atom stereocenters. The van der Waals surface area contributed by atoms with Gasteiger partial charge in [-0.15, -0.1) is 11.3 Å². The third kappa shape index (κ3) is 3.35. The zero-order valence-electron chi connectivity index (χ0n) is 11.3. The highest BCUT2D eigenvalue weighted by molar-refractivity contribution is 9.12. The highest BCUT2D eigenvalue weighted by Crippen LogP contribution is 2.32. The molecule has 0 aromatic carbocycles. The van der Waals surface area contributed by atoms with E-state index < -0.39 is 0 Å². The Kier molecular flexibility index (Phi) is 4.98. The molecule has 3 heterocycles. The zero-order valence-corrected chi connectivity index (χ0v) is 15.3. The first-order valence-electron chi connectivity index (χ1n) is 7.08. The summed E-state index contributed by atoms with van der Waals surface area (Å²) in [5, 5.41) is 0. The fourth-order valence-electron chi connectivity index (χ4n) is 3.18. The van der Waals surface area contributed by atoms with Crippen LogP contribution in [-0.4, -0.2) is 54.3 Å². The molecule has 2 aliphatic heterocycles. The van der Waals surface area contributed by atoms with E-state index in [2.05, 4.69) is 41.7 Å². The maximum atomic E-state index is 12.4. The summed E-state index contributed by atoms with van der Waals surface area (Å²) in [6.45, 7) is 4.98. The molecule has 1 aromatic heterocycles. The molecule has 3 rings (SSSR count). The number of hydrogen-bond donors (Lipinski definition) is 0. The maximum Gasteiger partial charge on any atom is 0.178 e. The lowest BCUT2D eigenvalue weighted by molar-refractivity contribution is 0.0469. The molecule has 2 saturated heterocycles. The van der Waals surface area contributed by atoms with Crippen LogP contribution in [-0.2, 0) is 0 Å². The quantitative estimate of drug-likeness (QED) is 0.696. The highest BCUT2D eigenvalue weighted by Gasteiger charge is 2.30. The molecule has 0 radical (unpaired) electrons. The Balaban J connectivity index is 1.60. The second-order valence-corrected chi connectivity index (χ2v) is 9.33. The fourth-order valence-corrected chi connectivity index (χ4v) is 6.04. The molecule has 110 valence electrons. The van der Waals surface area contributed by atoms with Gasteiger partial charge in [0.2, 0.25) is 0 Å². The topological polar surface area (TPSA) is 23.6 Å². The largest absolute Gasteiger partial charge is 0.298 e. The molecule has 1 unspecified atom stereocenters. The summed E-state index contributed by atoms with van der Waals surface area (Å²) in [6, 6.07) is 2.59. The van der Waals surface area contributed by atoms with Crippen LogP contribution in [0.5, 0.6) is 0 Å². The first kappa shape index (κ1) is 15.2. The third-order valence-corrected chi connectivity index (χ3v) is 6.59. The number of Topliss-reactive ketones (excluding diaryl/α,β-unsaturated/α-hetero) is 1. The van der Waals surface area contributed by atoms with E-state index in [0.717, 1.165) is 32.8 Å². The van der Waals surface area contributed by atoms with Crippen LogP contribution in [0.15, 0.2) is 13.6 Å². The van der Waals surface area contributed by atoms with E-state index in [-0.39, 0.29) is 5.78 Å². The average Bonchev–Trinajstić information content (AvgIpc) is 2.78. The summed E-state index contributed by atoms with van der Waals surface area (Å²) in [5.41, 5.74) is 0.813. The summed E-state index contributed by atoms with van der Waals surface area (Å²) in [4.78, 5) is 17.3. The lowest BCUT2D eigenvalue weighted by atomic mass is 9.99. The predicted octanol–water partition coefficient (Wildman–Crippen LogP) is 3.63. The molecule has 0 aliphatic carbocycles. The molecule has 20 heavy (non-hydrogen) atoms. The summed E-state index contributed by atoms with van der Waals surface area (Å²) in [6.07, 6.45) is 3.97. The van der Waals surface area contributed by atoms with Gasteiger partial charge in [0, 0.05) is 31.2 Å². The number of halogens is 2. The third-order valence-electron chi connectivity index (χ3n) is 4.25. The Labute approximate surface area is 140 Å². The van der Waals surface area contributed by atoms with Crippen molar-refractivity contribution in [3.05, 3.63) is 19.2 Å². The van der Waals surface area contributed by atoms with Gasteiger partial charge in [-0.2, -0.15) is 0 Å². The van der Waals surface area contributed by atoms with Crippen LogP contribution in [0.1, 0.15) is 29.6 Å². The van der Waals surface area contributed by atoms with Crippen molar-refractivity contribution in [3.8, 4) is 0 Å². The number of rotatable bonds is 3. The Hall–Kier alpha value is 0.250. The van der Waals surface area contributed by atoms with Gasteiger partial charge in [0.1, 0.15) is 0 Å². The SMILES string of the molecule is O=C(CN1CCN2CCCCC2C1)c1cc(Br)sc1Br. The number of nitrogens with zero attached hydrogens (tertiary/aromatic N) is 2. The fraction of sp³-hybridized carbons (Fsp3) is 0.643. The minimum Gasteiger partial charge on any atom is -0.298 e. The van der Waals surface area contributed by atoms with E-state index in [1.54, 1.807) is 11.3 Å². The zero-order chi connectivity index (χ0) is 14.1. The smallest absolute Gasteiger partial charge is 0.178 e. The van der Waals surface area contributed by atoms with Crippen LogP contribution in [0.4, 0.5) is 0 Å². The number of carbonyl (C=O) groups excluding carboxylic acids is 1. The van der Waals surface area contributed by atoms with Crippen molar-refractivity contribution in [1.82, 2.24) is 9.80 Å². The minimum atomic E-state index is 0.225. The number of fused-ring (bicyclic) bond motifs is 1. The molecule has 0 amide bonds. The highest BCUT2D eigenvalue weighted by atomic mass is 79.9. The number of ketones is 1. The van der Waals surface area contributed by atoms with Gasteiger partial charge in [-0.1, -0.05) is 6.42 Å². The Morgan fingerprint density at radius 3 is 2.90 bits per heavy atom. The van der Waals surface area contributed by atoms with Gasteiger partial charge in [-0.3, -0.25) is 14.6 Å². The van der Waals surface area contributed by atoms with Gasteiger partial charge in [0.25, 0.3) is 0 Å². The number of piperidine rings is 1. The monoisotopic (exact) mass is 420 g/mol. The van der Waals surface area contributed by atoms with Gasteiger partial charge in [0.05, 0.1) is 14.1 Å². The molecule has 2 aliphatic rings. The molecule has 0 bridgehead atoms. The first-order valence-corrected chi connectivity index (χ1v) is 9.48. The molecule has 0 saturated carbocycles. The molecule has 2 fully saturated rings. The summed E-state index contributed by atoms with van der Waals surface area (Å²) < 4.78 is 1.94. The normalized spacial score (nSPS) is 24.6. The van der Waals surface area contributed by atoms with Crippen molar-refractivity contribution in [2.24, 2.45) is 0 Å². The number of thiophene rings is 1. The van der Waals surface area contributed by atoms with Crippen LogP contribution in [0, 0.1) is 0 Å². The lowest BCUT2D eigenvalue weighted by Crippen LogP contribution is -2.55. The van der Waals surface area contributed by atoms with E-state index >= 15 is 0 Å². The maximum absolute atomic E-state index is 12.4. The summed E-state index contributed by atoms with van der Waals surface area (Å²) in [5.74, 6) is 0.225. The predicted molar refractivity (Wildman–Crippen MR) is 89.7 cm³/mol. The Bertz CT molecular complexity index is 505. The van der Waals surface area contributed by atoms with Crippen molar-refractivity contribution < 1.29 is 4.79 Å². The number of carbonyl (C=O) groups is 1. The first-order chi connectivity index (χ1) is 9.63. The van der Waals surface area contributed by atoms with Gasteiger partial charge < -0.3 is 0 Å². The summed E-state index contributed by atoms with van der Waals surface area (Å²) in [7, 11) is 0. The molecular formula is C14H18Br2N2OS. The minimum absolute atomic E-state index is 0.225. The summed E-state index contributed by atoms with van der Waals surface area (Å²) >= 11 is 8.48. The van der Waals surface area contributed by atoms with Crippen LogP contribution >= 0.6 is 43.2 Å². The molecule has 0 N–H and O–H groups in total. The molecule has 0 spiro atoms. The van der Waals surface area contributed by atoms with Crippen LogP contribution < -0.4 is 0 Å². The van der Waals surface area contributed by atoms with Gasteiger partial charge in [0.15, 0.2) is 5.78 Å². The van der Waals surface area contributed by atoms with Crippen molar-refractivity contribution in [3.63, 3.8) is 0 Å². The van der Waals surface area contributed by atoms with Crippen molar-refractivity contribution in [1.29, 1.82) is 0 Å². The number of hydrogen-bond acceptors (Lipinski definition) is 4. The van der Waals surface area contributed by atoms with Gasteiger partial charge in [-0.05, 0) is 57.3 Å². The number of piperazine rings is 1. The molecule has 3 nitrogen and oxygen atoms in total. The standard InChI is InChI=1S/C14H18Br2N2OS/c15-13-7-11(14(16)20-13)12(19)9-17-5-6-18-4-2-1-3-10(18)8-17/h7,10H,1-6,8-9H2. The van der Waals surface area contributed by atoms with E-state index in [0.29, 0.717) is 12.6 Å². The van der Waals surface area contributed by atoms with Crippen LogP contribution in [0.3, 0.4) is 0 Å². The van der Waals surface area contributed by atoms with Gasteiger partial charge >= 0.3 is 0 Å². The van der Waals surface area contributed by atoms with Crippen molar-refractivity contribution >= 4 is 49.0 Å². The molecule has 6 heteroatoms. The van der Waals surface area contributed by atoms with E-state index in [1.165, 1.54) is 25.8 Å². The second-order valence-electron chi connectivity index (χ2n) is 5.58. The Morgan fingerprint density at radius 2 is 2.15 bits per heavy atom. The van der Waals surface area contributed by atoms with Crippen molar-refractivity contribution in [2.45, 2.75) is 25.3 Å². The Morgan fingerprint density at radius 1 is 1.30 bits per heavy atom. The van der Waals surface area contributed by atoms with Crippen molar-refractivity contribution in [2.75, 3.05) is 32.7 Å². The van der Waals surface area contributed by atoms with E-state index in [1.807, 2.05) is 6.07 Å². The average molecular weight is 422 g/mol. The lowest BCUT2D eigenvalue weighted by Gasteiger charge is -2.43.